The van der Waals surface area contributed by atoms with E-state index in [4.69, 9.17) is 14.2 Å². The van der Waals surface area contributed by atoms with Gasteiger partial charge in [0.25, 0.3) is 11.8 Å². The summed E-state index contributed by atoms with van der Waals surface area (Å²) in [6.07, 6.45) is 0. The number of nitrogens with one attached hydrogen (secondary N) is 2. The Balaban J connectivity index is 1.78. The number of benzene rings is 3. The van der Waals surface area contributed by atoms with E-state index in [2.05, 4.69) is 26.6 Å². The van der Waals surface area contributed by atoms with E-state index >= 15 is 0 Å². The van der Waals surface area contributed by atoms with Crippen LogP contribution in [-0.4, -0.2) is 31.6 Å². The average molecular weight is 527 g/mol. The van der Waals surface area contributed by atoms with E-state index in [1.807, 2.05) is 39.0 Å². The Labute approximate surface area is 207 Å². The van der Waals surface area contributed by atoms with Gasteiger partial charge in [-0.1, -0.05) is 34.1 Å². The first-order chi connectivity index (χ1) is 16.4. The standard InChI is InChI=1S/C26H27BrN2O5/c1-4-32-23-15-22(29-26(31)18-9-7-6-8-10-18)24(33-5-2)14-21(23)28-25(30)16-34-19-11-12-20(27)17(3)13-19/h6-15H,4-5,16H2,1-3H3,(H,28,30)(H,29,31). The van der Waals surface area contributed by atoms with Gasteiger partial charge in [0.15, 0.2) is 6.61 Å². The number of aryl methyl sites for hydroxylation is 1. The highest BCUT2D eigenvalue weighted by atomic mass is 79.9. The maximum atomic E-state index is 12.7. The van der Waals surface area contributed by atoms with Crippen LogP contribution < -0.4 is 24.8 Å². The SMILES string of the molecule is CCOc1cc(NC(=O)c2ccccc2)c(OCC)cc1NC(=O)COc1ccc(Br)c(C)c1. The molecule has 0 atom stereocenters. The third kappa shape index (κ3) is 6.74. The van der Waals surface area contributed by atoms with Crippen molar-refractivity contribution in [3.05, 3.63) is 76.3 Å². The van der Waals surface area contributed by atoms with Gasteiger partial charge in [0, 0.05) is 22.2 Å². The molecule has 8 heteroatoms. The molecule has 2 N–H and O–H groups in total. The number of ether oxygens (including phenoxy) is 3. The molecule has 178 valence electrons. The van der Waals surface area contributed by atoms with Crippen molar-refractivity contribution in [2.75, 3.05) is 30.5 Å². The predicted molar refractivity (Wildman–Crippen MR) is 136 cm³/mol. The van der Waals surface area contributed by atoms with Crippen molar-refractivity contribution in [1.82, 2.24) is 0 Å². The van der Waals surface area contributed by atoms with E-state index in [1.165, 1.54) is 0 Å². The summed E-state index contributed by atoms with van der Waals surface area (Å²) in [5, 5.41) is 5.67. The van der Waals surface area contributed by atoms with E-state index in [0.29, 0.717) is 47.4 Å². The fourth-order valence-electron chi connectivity index (χ4n) is 3.13. The number of halogens is 1. The minimum absolute atomic E-state index is 0.177. The van der Waals surface area contributed by atoms with E-state index in [0.717, 1.165) is 10.0 Å². The summed E-state index contributed by atoms with van der Waals surface area (Å²) in [5.41, 5.74) is 2.38. The largest absolute Gasteiger partial charge is 0.492 e. The highest BCUT2D eigenvalue weighted by Crippen LogP contribution is 2.37. The van der Waals surface area contributed by atoms with Crippen LogP contribution in [0.2, 0.25) is 0 Å². The molecule has 7 nitrogen and oxygen atoms in total. The van der Waals surface area contributed by atoms with Crippen molar-refractivity contribution in [2.24, 2.45) is 0 Å². The first kappa shape index (κ1) is 25.1. The molecular formula is C26H27BrN2O5. The molecule has 0 aliphatic heterocycles. The van der Waals surface area contributed by atoms with Gasteiger partial charge in [0.05, 0.1) is 24.6 Å². The van der Waals surface area contributed by atoms with Crippen molar-refractivity contribution in [3.8, 4) is 17.2 Å². The van der Waals surface area contributed by atoms with Crippen molar-refractivity contribution in [1.29, 1.82) is 0 Å². The summed E-state index contributed by atoms with van der Waals surface area (Å²) in [6.45, 7) is 6.19. The minimum Gasteiger partial charge on any atom is -0.492 e. The van der Waals surface area contributed by atoms with Crippen molar-refractivity contribution in [2.45, 2.75) is 20.8 Å². The topological polar surface area (TPSA) is 85.9 Å². The molecule has 0 aliphatic rings. The summed E-state index contributed by atoms with van der Waals surface area (Å²) in [5.74, 6) is 0.774. The molecule has 0 saturated carbocycles. The molecule has 0 bridgehead atoms. The van der Waals surface area contributed by atoms with Gasteiger partial charge in [-0.3, -0.25) is 9.59 Å². The molecule has 3 aromatic carbocycles. The first-order valence-corrected chi connectivity index (χ1v) is 11.7. The predicted octanol–water partition coefficient (Wildman–Crippen LogP) is 5.82. The van der Waals surface area contributed by atoms with Crippen LogP contribution in [0.1, 0.15) is 29.8 Å². The summed E-state index contributed by atoms with van der Waals surface area (Å²) < 4.78 is 18.0. The van der Waals surface area contributed by atoms with Gasteiger partial charge in [-0.25, -0.2) is 0 Å². The highest BCUT2D eigenvalue weighted by Gasteiger charge is 2.17. The molecule has 3 aromatic rings. The minimum atomic E-state index is -0.356. The second kappa shape index (κ2) is 12.1. The van der Waals surface area contributed by atoms with Gasteiger partial charge < -0.3 is 24.8 Å². The smallest absolute Gasteiger partial charge is 0.262 e. The van der Waals surface area contributed by atoms with Crippen LogP contribution in [0.25, 0.3) is 0 Å². The monoisotopic (exact) mass is 526 g/mol. The molecule has 3 rings (SSSR count). The molecule has 0 heterocycles. The number of hydrogen-bond donors (Lipinski definition) is 2. The Morgan fingerprint density at radius 1 is 0.824 bits per heavy atom. The summed E-state index contributed by atoms with van der Waals surface area (Å²) in [6, 6.07) is 17.7. The summed E-state index contributed by atoms with van der Waals surface area (Å²) in [7, 11) is 0. The van der Waals surface area contributed by atoms with Gasteiger partial charge in [-0.15, -0.1) is 0 Å². The van der Waals surface area contributed by atoms with E-state index in [-0.39, 0.29) is 18.4 Å². The number of carbonyl (C=O) groups excluding carboxylic acids is 2. The number of rotatable bonds is 10. The first-order valence-electron chi connectivity index (χ1n) is 10.9. The average Bonchev–Trinajstić information content (AvgIpc) is 2.83. The van der Waals surface area contributed by atoms with Gasteiger partial charge in [-0.05, 0) is 56.7 Å². The fraction of sp³-hybridized carbons (Fsp3) is 0.231. The zero-order valence-electron chi connectivity index (χ0n) is 19.3. The fourth-order valence-corrected chi connectivity index (χ4v) is 3.38. The van der Waals surface area contributed by atoms with Crippen molar-refractivity contribution >= 4 is 39.1 Å². The summed E-state index contributed by atoms with van der Waals surface area (Å²) in [4.78, 5) is 25.3. The molecular weight excluding hydrogens is 500 g/mol. The number of carbonyl (C=O) groups is 2. The highest BCUT2D eigenvalue weighted by molar-refractivity contribution is 9.10. The molecule has 0 fully saturated rings. The van der Waals surface area contributed by atoms with Crippen LogP contribution in [-0.2, 0) is 4.79 Å². The Bertz CT molecular complexity index is 1150. The lowest BCUT2D eigenvalue weighted by molar-refractivity contribution is -0.118. The number of anilines is 2. The van der Waals surface area contributed by atoms with Crippen molar-refractivity contribution < 1.29 is 23.8 Å². The van der Waals surface area contributed by atoms with Crippen LogP contribution in [0.15, 0.2) is 65.1 Å². The normalized spacial score (nSPS) is 10.4. The zero-order chi connectivity index (χ0) is 24.5. The van der Waals surface area contributed by atoms with Crippen LogP contribution in [0, 0.1) is 6.92 Å². The van der Waals surface area contributed by atoms with Gasteiger partial charge >= 0.3 is 0 Å². The second-order valence-electron chi connectivity index (χ2n) is 7.28. The van der Waals surface area contributed by atoms with E-state index in [1.54, 1.807) is 42.5 Å². The Kier molecular flexibility index (Phi) is 8.93. The van der Waals surface area contributed by atoms with Crippen LogP contribution >= 0.6 is 15.9 Å². The lowest BCUT2D eigenvalue weighted by Crippen LogP contribution is -2.21. The maximum absolute atomic E-state index is 12.7. The van der Waals surface area contributed by atoms with E-state index in [9.17, 15) is 9.59 Å². The maximum Gasteiger partial charge on any atom is 0.262 e. The zero-order valence-corrected chi connectivity index (χ0v) is 20.9. The van der Waals surface area contributed by atoms with Crippen molar-refractivity contribution in [3.63, 3.8) is 0 Å². The Hall–Kier alpha value is -3.52. The third-order valence-electron chi connectivity index (χ3n) is 4.74. The molecule has 0 aromatic heterocycles. The van der Waals surface area contributed by atoms with Crippen LogP contribution in [0.3, 0.4) is 0 Å². The van der Waals surface area contributed by atoms with Gasteiger partial charge in [-0.2, -0.15) is 0 Å². The van der Waals surface area contributed by atoms with E-state index < -0.39 is 0 Å². The quantitative estimate of drug-likeness (QED) is 0.347. The van der Waals surface area contributed by atoms with Gasteiger partial charge in [0.1, 0.15) is 17.2 Å². The molecule has 34 heavy (non-hydrogen) atoms. The molecule has 0 aliphatic carbocycles. The number of amides is 2. The Morgan fingerprint density at radius 2 is 1.44 bits per heavy atom. The van der Waals surface area contributed by atoms with Crippen LogP contribution in [0.4, 0.5) is 11.4 Å². The molecule has 0 radical (unpaired) electrons. The van der Waals surface area contributed by atoms with Gasteiger partial charge in [0.2, 0.25) is 0 Å². The molecule has 0 unspecified atom stereocenters. The lowest BCUT2D eigenvalue weighted by atomic mass is 10.2. The third-order valence-corrected chi connectivity index (χ3v) is 5.63. The second-order valence-corrected chi connectivity index (χ2v) is 8.13. The summed E-state index contributed by atoms with van der Waals surface area (Å²) >= 11 is 3.44. The molecule has 0 saturated heterocycles. The molecule has 2 amide bonds. The molecule has 0 spiro atoms. The number of hydrogen-bond acceptors (Lipinski definition) is 5. The Morgan fingerprint density at radius 3 is 2.03 bits per heavy atom. The lowest BCUT2D eigenvalue weighted by Gasteiger charge is -2.18. The van der Waals surface area contributed by atoms with Crippen LogP contribution in [0.5, 0.6) is 17.2 Å².